The highest BCUT2D eigenvalue weighted by Crippen LogP contribution is 2.17. The number of piperidine rings is 1. The number of hydrogen-bond donors (Lipinski definition) is 2. The summed E-state index contributed by atoms with van der Waals surface area (Å²) in [4.78, 5) is 37.3. The van der Waals surface area contributed by atoms with Gasteiger partial charge >= 0.3 is 0 Å². The molecule has 134 valence electrons. The summed E-state index contributed by atoms with van der Waals surface area (Å²) < 4.78 is 20.0. The Morgan fingerprint density at radius 1 is 1.32 bits per heavy atom. The zero-order valence-electron chi connectivity index (χ0n) is 13.7. The smallest absolute Gasteiger partial charge is 0.254 e. The summed E-state index contributed by atoms with van der Waals surface area (Å²) in [5, 5.41) is 4.66. The fourth-order valence-electron chi connectivity index (χ4n) is 2.94. The topological polar surface area (TPSA) is 87.7 Å². The molecule has 0 radical (unpaired) electrons. The molecule has 1 atom stereocenters. The van der Waals surface area contributed by atoms with Crippen molar-refractivity contribution >= 4 is 17.7 Å². The number of carbonyl (C=O) groups excluding carboxylic acids is 3. The molecular weight excluding hydrogens is 329 g/mol. The molecule has 0 saturated carbocycles. The normalized spacial score (nSPS) is 21.7. The number of imide groups is 1. The molecule has 0 aromatic heterocycles. The molecule has 0 aliphatic carbocycles. The summed E-state index contributed by atoms with van der Waals surface area (Å²) in [5.74, 6) is -2.17. The summed E-state index contributed by atoms with van der Waals surface area (Å²) in [6.07, 6.45) is 0.363. The number of nitrogens with one attached hydrogen (secondary N) is 2. The summed E-state index contributed by atoms with van der Waals surface area (Å²) in [5.41, 5.74) is 0.327. The average molecular weight is 349 g/mol. The molecule has 2 saturated heterocycles. The zero-order chi connectivity index (χ0) is 17.8. The van der Waals surface area contributed by atoms with E-state index in [2.05, 4.69) is 15.5 Å². The van der Waals surface area contributed by atoms with Crippen LogP contribution < -0.4 is 10.6 Å². The van der Waals surface area contributed by atoms with Gasteiger partial charge in [-0.25, -0.2) is 4.39 Å². The maximum atomic E-state index is 14.7. The van der Waals surface area contributed by atoms with Gasteiger partial charge in [0.2, 0.25) is 11.8 Å². The van der Waals surface area contributed by atoms with Gasteiger partial charge in [-0.3, -0.25) is 24.6 Å². The van der Waals surface area contributed by atoms with Gasteiger partial charge in [-0.05, 0) is 12.5 Å². The number of rotatable bonds is 4. The number of carbonyl (C=O) groups is 3. The van der Waals surface area contributed by atoms with Crippen molar-refractivity contribution in [1.82, 2.24) is 15.5 Å². The summed E-state index contributed by atoms with van der Waals surface area (Å²) in [7, 11) is 0. The van der Waals surface area contributed by atoms with Crippen LogP contribution in [0.25, 0.3) is 0 Å². The van der Waals surface area contributed by atoms with E-state index in [0.717, 1.165) is 0 Å². The number of halogens is 1. The van der Waals surface area contributed by atoms with Crippen molar-refractivity contribution in [3.05, 3.63) is 35.1 Å². The predicted octanol–water partition coefficient (Wildman–Crippen LogP) is 0.193. The van der Waals surface area contributed by atoms with Crippen molar-refractivity contribution in [3.63, 3.8) is 0 Å². The minimum Gasteiger partial charge on any atom is -0.379 e. The molecule has 2 fully saturated rings. The Morgan fingerprint density at radius 3 is 2.80 bits per heavy atom. The standard InChI is InChI=1S/C17H20FN3O4/c18-15-11(10-21-6-8-25-9-7-21)2-1-3-12(15)16(23)19-13-4-5-14(22)20-17(13)24/h1-3,13H,4-10H2,(H,19,23)(H,20,22,24). The van der Waals surface area contributed by atoms with Crippen LogP contribution in [0, 0.1) is 5.82 Å². The second-order valence-electron chi connectivity index (χ2n) is 6.14. The average Bonchev–Trinajstić information content (AvgIpc) is 2.60. The van der Waals surface area contributed by atoms with Gasteiger partial charge in [0.1, 0.15) is 11.9 Å². The lowest BCUT2D eigenvalue weighted by Gasteiger charge is -2.27. The molecule has 3 rings (SSSR count). The van der Waals surface area contributed by atoms with Crippen LogP contribution >= 0.6 is 0 Å². The van der Waals surface area contributed by atoms with Crippen LogP contribution in [-0.4, -0.2) is 55.0 Å². The monoisotopic (exact) mass is 349 g/mol. The highest BCUT2D eigenvalue weighted by molar-refractivity contribution is 6.03. The van der Waals surface area contributed by atoms with E-state index in [1.54, 1.807) is 12.1 Å². The highest BCUT2D eigenvalue weighted by Gasteiger charge is 2.29. The number of ether oxygens (including phenoxy) is 1. The van der Waals surface area contributed by atoms with Crippen molar-refractivity contribution in [3.8, 4) is 0 Å². The molecule has 2 aliphatic rings. The van der Waals surface area contributed by atoms with E-state index in [0.29, 0.717) is 38.4 Å². The van der Waals surface area contributed by atoms with Crippen molar-refractivity contribution in [2.24, 2.45) is 0 Å². The predicted molar refractivity (Wildman–Crippen MR) is 86.1 cm³/mol. The Morgan fingerprint density at radius 2 is 2.08 bits per heavy atom. The zero-order valence-corrected chi connectivity index (χ0v) is 13.7. The van der Waals surface area contributed by atoms with Crippen LogP contribution in [-0.2, 0) is 20.9 Å². The fraction of sp³-hybridized carbons (Fsp3) is 0.471. The van der Waals surface area contributed by atoms with E-state index in [-0.39, 0.29) is 24.3 Å². The lowest BCUT2D eigenvalue weighted by atomic mass is 10.0. The fourth-order valence-corrected chi connectivity index (χ4v) is 2.94. The van der Waals surface area contributed by atoms with Crippen LogP contribution in [0.1, 0.15) is 28.8 Å². The molecule has 1 aromatic carbocycles. The molecular formula is C17H20FN3O4. The molecule has 0 bridgehead atoms. The molecule has 1 unspecified atom stereocenters. The van der Waals surface area contributed by atoms with Gasteiger partial charge in [0.25, 0.3) is 5.91 Å². The maximum absolute atomic E-state index is 14.7. The number of morpholine rings is 1. The Balaban J connectivity index is 1.69. The Labute approximate surface area is 144 Å². The minimum absolute atomic E-state index is 0.101. The Bertz CT molecular complexity index is 688. The first-order chi connectivity index (χ1) is 12.0. The van der Waals surface area contributed by atoms with Crippen molar-refractivity contribution in [1.29, 1.82) is 0 Å². The van der Waals surface area contributed by atoms with Crippen LogP contribution in [0.3, 0.4) is 0 Å². The lowest BCUT2D eigenvalue weighted by molar-refractivity contribution is -0.134. The first kappa shape index (κ1) is 17.5. The summed E-state index contributed by atoms with van der Waals surface area (Å²) >= 11 is 0. The van der Waals surface area contributed by atoms with Crippen LogP contribution in [0.5, 0.6) is 0 Å². The molecule has 3 amide bonds. The number of amides is 3. The van der Waals surface area contributed by atoms with Gasteiger partial charge in [0, 0.05) is 31.6 Å². The summed E-state index contributed by atoms with van der Waals surface area (Å²) in [6.45, 7) is 3.04. The largest absolute Gasteiger partial charge is 0.379 e. The molecule has 7 nitrogen and oxygen atoms in total. The van der Waals surface area contributed by atoms with Gasteiger partial charge in [-0.1, -0.05) is 12.1 Å². The third-order valence-corrected chi connectivity index (χ3v) is 4.37. The van der Waals surface area contributed by atoms with Crippen molar-refractivity contribution < 1.29 is 23.5 Å². The van der Waals surface area contributed by atoms with Crippen molar-refractivity contribution in [2.45, 2.75) is 25.4 Å². The number of nitrogens with zero attached hydrogens (tertiary/aromatic N) is 1. The quantitative estimate of drug-likeness (QED) is 0.758. The van der Waals surface area contributed by atoms with E-state index < -0.39 is 23.7 Å². The third-order valence-electron chi connectivity index (χ3n) is 4.37. The van der Waals surface area contributed by atoms with E-state index in [1.165, 1.54) is 6.07 Å². The number of benzene rings is 1. The molecule has 1 aromatic rings. The van der Waals surface area contributed by atoms with Gasteiger partial charge in [-0.2, -0.15) is 0 Å². The van der Waals surface area contributed by atoms with Gasteiger partial charge in [0.15, 0.2) is 0 Å². The van der Waals surface area contributed by atoms with E-state index in [9.17, 15) is 18.8 Å². The highest BCUT2D eigenvalue weighted by atomic mass is 19.1. The molecule has 2 aliphatic heterocycles. The summed E-state index contributed by atoms with van der Waals surface area (Å²) in [6, 6.07) is 3.83. The number of hydrogen-bond acceptors (Lipinski definition) is 5. The molecule has 25 heavy (non-hydrogen) atoms. The lowest BCUT2D eigenvalue weighted by Crippen LogP contribution is -2.52. The van der Waals surface area contributed by atoms with Crippen LogP contribution in [0.15, 0.2) is 18.2 Å². The first-order valence-electron chi connectivity index (χ1n) is 8.26. The molecule has 0 spiro atoms. The van der Waals surface area contributed by atoms with Gasteiger partial charge in [-0.15, -0.1) is 0 Å². The van der Waals surface area contributed by atoms with Crippen molar-refractivity contribution in [2.75, 3.05) is 26.3 Å². The van der Waals surface area contributed by atoms with E-state index >= 15 is 0 Å². The Hall–Kier alpha value is -2.32. The van der Waals surface area contributed by atoms with E-state index in [1.807, 2.05) is 0 Å². The van der Waals surface area contributed by atoms with E-state index in [4.69, 9.17) is 4.74 Å². The van der Waals surface area contributed by atoms with Crippen LogP contribution in [0.2, 0.25) is 0 Å². The SMILES string of the molecule is O=C1CCC(NC(=O)c2cccc(CN3CCOCC3)c2F)C(=O)N1. The second-order valence-corrected chi connectivity index (χ2v) is 6.14. The second kappa shape index (κ2) is 7.71. The van der Waals surface area contributed by atoms with Gasteiger partial charge < -0.3 is 10.1 Å². The maximum Gasteiger partial charge on any atom is 0.254 e. The molecule has 8 heteroatoms. The molecule has 2 N–H and O–H groups in total. The molecule has 2 heterocycles. The van der Waals surface area contributed by atoms with Gasteiger partial charge in [0.05, 0.1) is 18.8 Å². The third kappa shape index (κ3) is 4.21. The minimum atomic E-state index is -0.826. The first-order valence-corrected chi connectivity index (χ1v) is 8.26. The van der Waals surface area contributed by atoms with Crippen LogP contribution in [0.4, 0.5) is 4.39 Å². The Kier molecular flexibility index (Phi) is 5.40.